The van der Waals surface area contributed by atoms with Gasteiger partial charge in [0.15, 0.2) is 0 Å². The SMILES string of the molecule is COc1cccc(SCCCCCN[C@H](C)c2cccc3ccccc23)c1. The zero-order chi connectivity index (χ0) is 18.9. The Bertz CT molecular complexity index is 843. The van der Waals surface area contributed by atoms with Gasteiger partial charge in [-0.25, -0.2) is 0 Å². The fraction of sp³-hybridized carbons (Fsp3) is 0.333. The first kappa shape index (κ1) is 19.8. The second kappa shape index (κ2) is 10.4. The average Bonchev–Trinajstić information content (AvgIpc) is 2.72. The van der Waals surface area contributed by atoms with Crippen LogP contribution in [0.2, 0.25) is 0 Å². The smallest absolute Gasteiger partial charge is 0.119 e. The van der Waals surface area contributed by atoms with Gasteiger partial charge in [0.05, 0.1) is 7.11 Å². The van der Waals surface area contributed by atoms with Crippen molar-refractivity contribution in [3.8, 4) is 5.75 Å². The van der Waals surface area contributed by atoms with Crippen molar-refractivity contribution < 1.29 is 4.74 Å². The summed E-state index contributed by atoms with van der Waals surface area (Å²) in [7, 11) is 1.72. The molecule has 0 fully saturated rings. The Hall–Kier alpha value is -1.97. The summed E-state index contributed by atoms with van der Waals surface area (Å²) in [6, 6.07) is 23.9. The van der Waals surface area contributed by atoms with E-state index in [0.717, 1.165) is 18.0 Å². The van der Waals surface area contributed by atoms with Crippen LogP contribution in [0.3, 0.4) is 0 Å². The Morgan fingerprint density at radius 1 is 0.926 bits per heavy atom. The number of methoxy groups -OCH3 is 1. The van der Waals surface area contributed by atoms with Crippen LogP contribution in [0.15, 0.2) is 71.6 Å². The summed E-state index contributed by atoms with van der Waals surface area (Å²) < 4.78 is 5.28. The summed E-state index contributed by atoms with van der Waals surface area (Å²) in [5, 5.41) is 6.37. The minimum atomic E-state index is 0.377. The highest BCUT2D eigenvalue weighted by atomic mass is 32.2. The third kappa shape index (κ3) is 5.75. The number of fused-ring (bicyclic) bond motifs is 1. The Balaban J connectivity index is 1.36. The minimum Gasteiger partial charge on any atom is -0.497 e. The molecule has 3 heteroatoms. The molecule has 0 amide bonds. The zero-order valence-corrected chi connectivity index (χ0v) is 17.1. The van der Waals surface area contributed by atoms with Gasteiger partial charge in [-0.05, 0) is 66.6 Å². The van der Waals surface area contributed by atoms with Gasteiger partial charge in [0.25, 0.3) is 0 Å². The molecule has 3 aromatic carbocycles. The molecule has 0 aliphatic carbocycles. The number of rotatable bonds is 10. The predicted octanol–water partition coefficient (Wildman–Crippen LogP) is 6.46. The second-order valence-electron chi connectivity index (χ2n) is 6.83. The van der Waals surface area contributed by atoms with E-state index in [-0.39, 0.29) is 0 Å². The van der Waals surface area contributed by atoms with Crippen LogP contribution in [-0.2, 0) is 0 Å². The van der Waals surface area contributed by atoms with Gasteiger partial charge >= 0.3 is 0 Å². The van der Waals surface area contributed by atoms with Crippen molar-refractivity contribution in [2.24, 2.45) is 0 Å². The van der Waals surface area contributed by atoms with Crippen LogP contribution in [0.4, 0.5) is 0 Å². The van der Waals surface area contributed by atoms with Crippen molar-refractivity contribution in [2.75, 3.05) is 19.4 Å². The molecule has 0 radical (unpaired) electrons. The zero-order valence-electron chi connectivity index (χ0n) is 16.3. The van der Waals surface area contributed by atoms with Crippen molar-refractivity contribution >= 4 is 22.5 Å². The summed E-state index contributed by atoms with van der Waals surface area (Å²) >= 11 is 1.91. The molecule has 27 heavy (non-hydrogen) atoms. The first-order chi connectivity index (χ1) is 13.3. The van der Waals surface area contributed by atoms with Crippen LogP contribution in [0.25, 0.3) is 10.8 Å². The van der Waals surface area contributed by atoms with Crippen molar-refractivity contribution in [2.45, 2.75) is 37.1 Å². The van der Waals surface area contributed by atoms with Gasteiger partial charge in [0.1, 0.15) is 5.75 Å². The fourth-order valence-electron chi connectivity index (χ4n) is 3.34. The molecule has 0 aliphatic heterocycles. The molecule has 0 saturated heterocycles. The second-order valence-corrected chi connectivity index (χ2v) is 8.00. The quantitative estimate of drug-likeness (QED) is 0.322. The van der Waals surface area contributed by atoms with Crippen LogP contribution in [0.1, 0.15) is 37.8 Å². The van der Waals surface area contributed by atoms with Crippen LogP contribution in [0, 0.1) is 0 Å². The van der Waals surface area contributed by atoms with E-state index in [4.69, 9.17) is 4.74 Å². The molecule has 3 rings (SSSR count). The van der Waals surface area contributed by atoms with Crippen molar-refractivity contribution in [1.29, 1.82) is 0 Å². The van der Waals surface area contributed by atoms with E-state index in [1.54, 1.807) is 7.11 Å². The summed E-state index contributed by atoms with van der Waals surface area (Å²) in [4.78, 5) is 1.29. The van der Waals surface area contributed by atoms with E-state index in [9.17, 15) is 0 Å². The van der Waals surface area contributed by atoms with Gasteiger partial charge in [-0.2, -0.15) is 0 Å². The molecule has 0 aromatic heterocycles. The van der Waals surface area contributed by atoms with Crippen LogP contribution >= 0.6 is 11.8 Å². The Morgan fingerprint density at radius 2 is 1.74 bits per heavy atom. The highest BCUT2D eigenvalue weighted by molar-refractivity contribution is 7.99. The Kier molecular flexibility index (Phi) is 7.61. The largest absolute Gasteiger partial charge is 0.497 e. The van der Waals surface area contributed by atoms with Gasteiger partial charge in [0.2, 0.25) is 0 Å². The van der Waals surface area contributed by atoms with Crippen molar-refractivity contribution in [3.05, 3.63) is 72.3 Å². The van der Waals surface area contributed by atoms with Gasteiger partial charge in [-0.15, -0.1) is 11.8 Å². The fourth-order valence-corrected chi connectivity index (χ4v) is 4.30. The van der Waals surface area contributed by atoms with Crippen molar-refractivity contribution in [3.63, 3.8) is 0 Å². The van der Waals surface area contributed by atoms with E-state index in [2.05, 4.69) is 72.9 Å². The monoisotopic (exact) mass is 379 g/mol. The molecule has 0 heterocycles. The van der Waals surface area contributed by atoms with E-state index in [1.165, 1.54) is 40.5 Å². The standard InChI is InChI=1S/C24H29NOS/c1-19(23-15-8-11-20-10-4-5-14-24(20)23)25-16-6-3-7-17-27-22-13-9-12-21(18-22)26-2/h4-5,8-15,18-19,25H,3,6-7,16-17H2,1-2H3/t19-/m1/s1. The maximum absolute atomic E-state index is 5.28. The van der Waals surface area contributed by atoms with Crippen LogP contribution in [0.5, 0.6) is 5.75 Å². The molecule has 1 N–H and O–H groups in total. The highest BCUT2D eigenvalue weighted by Crippen LogP contribution is 2.25. The number of benzene rings is 3. The molecule has 0 bridgehead atoms. The van der Waals surface area contributed by atoms with Gasteiger partial charge in [-0.3, -0.25) is 0 Å². The summed E-state index contributed by atoms with van der Waals surface area (Å²) in [6.07, 6.45) is 3.71. The molecule has 1 atom stereocenters. The molecule has 0 spiro atoms. The van der Waals surface area contributed by atoms with E-state index in [1.807, 2.05) is 17.8 Å². The number of ether oxygens (including phenoxy) is 1. The summed E-state index contributed by atoms with van der Waals surface area (Å²) in [5.41, 5.74) is 1.39. The van der Waals surface area contributed by atoms with E-state index in [0.29, 0.717) is 6.04 Å². The molecule has 0 unspecified atom stereocenters. The molecule has 142 valence electrons. The first-order valence-corrected chi connectivity index (χ1v) is 10.7. The molecular weight excluding hydrogens is 350 g/mol. The average molecular weight is 380 g/mol. The number of hydrogen-bond acceptors (Lipinski definition) is 3. The van der Waals surface area contributed by atoms with Gasteiger partial charge in [0, 0.05) is 10.9 Å². The minimum absolute atomic E-state index is 0.377. The van der Waals surface area contributed by atoms with Crippen LogP contribution in [-0.4, -0.2) is 19.4 Å². The molecule has 0 saturated carbocycles. The summed E-state index contributed by atoms with van der Waals surface area (Å²) in [6.45, 7) is 3.33. The number of nitrogens with one attached hydrogen (secondary N) is 1. The maximum atomic E-state index is 5.28. The Morgan fingerprint density at radius 3 is 2.63 bits per heavy atom. The van der Waals surface area contributed by atoms with Crippen LogP contribution < -0.4 is 10.1 Å². The number of unbranched alkanes of at least 4 members (excludes halogenated alkanes) is 2. The van der Waals surface area contributed by atoms with E-state index >= 15 is 0 Å². The highest BCUT2D eigenvalue weighted by Gasteiger charge is 2.08. The maximum Gasteiger partial charge on any atom is 0.119 e. The third-order valence-electron chi connectivity index (χ3n) is 4.87. The lowest BCUT2D eigenvalue weighted by Crippen LogP contribution is -2.20. The van der Waals surface area contributed by atoms with Gasteiger partial charge < -0.3 is 10.1 Å². The molecule has 0 aliphatic rings. The lowest BCUT2D eigenvalue weighted by atomic mass is 9.99. The van der Waals surface area contributed by atoms with Crippen molar-refractivity contribution in [1.82, 2.24) is 5.32 Å². The van der Waals surface area contributed by atoms with E-state index < -0.39 is 0 Å². The Labute approximate surface area is 167 Å². The number of thioether (sulfide) groups is 1. The lowest BCUT2D eigenvalue weighted by molar-refractivity contribution is 0.413. The lowest BCUT2D eigenvalue weighted by Gasteiger charge is -2.16. The predicted molar refractivity (Wildman–Crippen MR) is 118 cm³/mol. The first-order valence-electron chi connectivity index (χ1n) is 9.76. The number of hydrogen-bond donors (Lipinski definition) is 1. The molecular formula is C24H29NOS. The summed E-state index contributed by atoms with van der Waals surface area (Å²) in [5.74, 6) is 2.10. The molecule has 3 aromatic rings. The normalized spacial score (nSPS) is 12.2. The molecule has 2 nitrogen and oxygen atoms in total. The van der Waals surface area contributed by atoms with Gasteiger partial charge in [-0.1, -0.05) is 55.0 Å². The topological polar surface area (TPSA) is 21.3 Å². The third-order valence-corrected chi connectivity index (χ3v) is 5.95.